The third kappa shape index (κ3) is 7.76. The quantitative estimate of drug-likeness (QED) is 0.353. The van der Waals surface area contributed by atoms with E-state index in [9.17, 15) is 14.4 Å². The fourth-order valence-electron chi connectivity index (χ4n) is 0.628. The minimum absolute atomic E-state index is 0. The topological polar surface area (TPSA) is 104 Å². The Morgan fingerprint density at radius 1 is 1.38 bits per heavy atom. The van der Waals surface area contributed by atoms with Crippen molar-refractivity contribution < 1.29 is 24.6 Å². The van der Waals surface area contributed by atoms with Crippen LogP contribution in [0.25, 0.3) is 0 Å². The van der Waals surface area contributed by atoms with Gasteiger partial charge in [-0.1, -0.05) is 0 Å². The van der Waals surface area contributed by atoms with Crippen LogP contribution in [0.3, 0.4) is 0 Å². The number of hydrogen-bond donors (Lipinski definition) is 3. The maximum atomic E-state index is 10.3. The first-order valence-corrected chi connectivity index (χ1v) is 3.22. The van der Waals surface area contributed by atoms with Gasteiger partial charge in [0.05, 0.1) is 0 Å². The molecule has 0 aliphatic rings. The van der Waals surface area contributed by atoms with E-state index < -0.39 is 18.0 Å². The predicted octanol–water partition coefficient (Wildman–Crippen LogP) is -1.60. The summed E-state index contributed by atoms with van der Waals surface area (Å²) in [4.78, 5) is 30.2. The van der Waals surface area contributed by atoms with Gasteiger partial charge in [-0.05, 0) is 6.42 Å². The molecule has 0 fully saturated rings. The van der Waals surface area contributed by atoms with E-state index >= 15 is 0 Å². The predicted molar refractivity (Wildman–Crippen MR) is 44.6 cm³/mol. The van der Waals surface area contributed by atoms with Crippen LogP contribution in [-0.2, 0) is 14.4 Å². The summed E-state index contributed by atoms with van der Waals surface area (Å²) in [6.07, 6.45) is -0.151. The molecule has 0 unspecified atom stereocenters. The first kappa shape index (κ1) is 14.9. The second kappa shape index (κ2) is 8.03. The molecule has 70 valence electrons. The third-order valence-electron chi connectivity index (χ3n) is 1.21. The van der Waals surface area contributed by atoms with Crippen molar-refractivity contribution in [2.24, 2.45) is 0 Å². The Morgan fingerprint density at radius 3 is 2.23 bits per heavy atom. The number of aliphatic carboxylic acids is 2. The molecule has 0 aliphatic heterocycles. The van der Waals surface area contributed by atoms with E-state index in [0.717, 1.165) is 0 Å². The number of carbonyl (C=O) groups excluding carboxylic acids is 1. The Balaban J connectivity index is 0. The Labute approximate surface area is 96.6 Å². The molecule has 6 nitrogen and oxygen atoms in total. The van der Waals surface area contributed by atoms with Gasteiger partial charge in [0.25, 0.3) is 0 Å². The first-order valence-electron chi connectivity index (χ1n) is 3.22. The van der Waals surface area contributed by atoms with Gasteiger partial charge in [0.1, 0.15) is 6.04 Å². The molecule has 7 heteroatoms. The third-order valence-corrected chi connectivity index (χ3v) is 1.21. The van der Waals surface area contributed by atoms with Gasteiger partial charge >= 0.3 is 41.5 Å². The van der Waals surface area contributed by atoms with Gasteiger partial charge in [-0.25, -0.2) is 4.79 Å². The van der Waals surface area contributed by atoms with Crippen LogP contribution in [0.1, 0.15) is 12.8 Å². The monoisotopic (exact) mass is 199 g/mol. The van der Waals surface area contributed by atoms with Crippen LogP contribution < -0.4 is 5.32 Å². The molecule has 13 heavy (non-hydrogen) atoms. The number of nitrogens with one attached hydrogen (secondary N) is 1. The zero-order valence-electron chi connectivity index (χ0n) is 6.19. The fourth-order valence-corrected chi connectivity index (χ4v) is 0.628. The zero-order valence-corrected chi connectivity index (χ0v) is 6.19. The van der Waals surface area contributed by atoms with Crippen LogP contribution in [-0.4, -0.2) is 64.2 Å². The van der Waals surface area contributed by atoms with Crippen molar-refractivity contribution in [2.45, 2.75) is 18.9 Å². The molecule has 0 rings (SSSR count). The van der Waals surface area contributed by atoms with Gasteiger partial charge in [-0.15, -0.1) is 0 Å². The second-order valence-electron chi connectivity index (χ2n) is 2.11. The standard InChI is InChI=1S/C6H9NO5.Na.H/c8-3-7-4(6(11)12)1-2-5(9)10;;/h3-4H,1-2H2,(H,7,8)(H,9,10)(H,11,12);;/t4-;;/m0../s1. The second-order valence-corrected chi connectivity index (χ2v) is 2.11. The summed E-state index contributed by atoms with van der Waals surface area (Å²) in [6, 6.07) is -1.11. The summed E-state index contributed by atoms with van der Waals surface area (Å²) >= 11 is 0. The Morgan fingerprint density at radius 2 is 1.92 bits per heavy atom. The van der Waals surface area contributed by atoms with Gasteiger partial charge < -0.3 is 15.5 Å². The molecule has 0 radical (unpaired) electrons. The SMILES string of the molecule is O=CN[C@@H](CCC(=O)O)C(=O)O.[NaH]. The van der Waals surface area contributed by atoms with E-state index in [-0.39, 0.29) is 48.8 Å². The number of carboxylic acid groups (broad SMARTS) is 2. The Hall–Kier alpha value is -0.590. The molecule has 1 amide bonds. The average Bonchev–Trinajstić information content (AvgIpc) is 1.96. The van der Waals surface area contributed by atoms with E-state index in [1.54, 1.807) is 0 Å². The van der Waals surface area contributed by atoms with Crippen molar-refractivity contribution >= 4 is 47.9 Å². The summed E-state index contributed by atoms with van der Waals surface area (Å²) in [5.74, 6) is -2.32. The van der Waals surface area contributed by atoms with Gasteiger partial charge in [-0.2, -0.15) is 0 Å². The molecule has 3 N–H and O–H groups in total. The molecule has 0 aromatic carbocycles. The summed E-state index contributed by atoms with van der Waals surface area (Å²) < 4.78 is 0. The molecule has 0 saturated heterocycles. The molecule has 0 bridgehead atoms. The minimum atomic E-state index is -1.23. The van der Waals surface area contributed by atoms with E-state index in [2.05, 4.69) is 0 Å². The molecule has 1 atom stereocenters. The van der Waals surface area contributed by atoms with Crippen molar-refractivity contribution in [1.82, 2.24) is 5.32 Å². The van der Waals surface area contributed by atoms with Crippen LogP contribution in [0.2, 0.25) is 0 Å². The van der Waals surface area contributed by atoms with Crippen molar-refractivity contribution in [3.05, 3.63) is 0 Å². The molecule has 0 aromatic rings. The summed E-state index contributed by atoms with van der Waals surface area (Å²) in [6.45, 7) is 0. The maximum absolute atomic E-state index is 10.3. The van der Waals surface area contributed by atoms with Crippen LogP contribution >= 0.6 is 0 Å². The van der Waals surface area contributed by atoms with Gasteiger partial charge in [0, 0.05) is 6.42 Å². The van der Waals surface area contributed by atoms with Crippen LogP contribution in [0.5, 0.6) is 0 Å². The normalized spacial score (nSPS) is 10.8. The number of amides is 1. The van der Waals surface area contributed by atoms with E-state index in [1.165, 1.54) is 0 Å². The van der Waals surface area contributed by atoms with E-state index in [4.69, 9.17) is 10.2 Å². The van der Waals surface area contributed by atoms with Crippen LogP contribution in [0.15, 0.2) is 0 Å². The molecule has 0 aliphatic carbocycles. The van der Waals surface area contributed by atoms with Crippen LogP contribution in [0, 0.1) is 0 Å². The number of hydrogen-bond acceptors (Lipinski definition) is 3. The van der Waals surface area contributed by atoms with Gasteiger partial charge in [0.15, 0.2) is 0 Å². The molecule has 0 heterocycles. The molecule has 0 spiro atoms. The van der Waals surface area contributed by atoms with Crippen molar-refractivity contribution in [3.63, 3.8) is 0 Å². The first-order chi connectivity index (χ1) is 5.57. The van der Waals surface area contributed by atoms with Crippen LogP contribution in [0.4, 0.5) is 0 Å². The van der Waals surface area contributed by atoms with E-state index in [0.29, 0.717) is 0 Å². The molecule has 0 aromatic heterocycles. The number of carbonyl (C=O) groups is 3. The van der Waals surface area contributed by atoms with Gasteiger partial charge in [-0.3, -0.25) is 9.59 Å². The molecule has 0 saturated carbocycles. The average molecular weight is 199 g/mol. The summed E-state index contributed by atoms with van der Waals surface area (Å²) in [7, 11) is 0. The fraction of sp³-hybridized carbons (Fsp3) is 0.500. The summed E-state index contributed by atoms with van der Waals surface area (Å²) in [5.41, 5.74) is 0. The zero-order chi connectivity index (χ0) is 9.56. The van der Waals surface area contributed by atoms with Crippen molar-refractivity contribution in [3.8, 4) is 0 Å². The number of carboxylic acids is 2. The van der Waals surface area contributed by atoms with Crippen molar-refractivity contribution in [2.75, 3.05) is 0 Å². The Bertz CT molecular complexity index is 195. The summed E-state index contributed by atoms with van der Waals surface area (Å²) in [5, 5.41) is 18.6. The molecular formula is C6H10NNaO5. The number of rotatable bonds is 6. The molecular weight excluding hydrogens is 189 g/mol. The Kier molecular flexibility index (Phi) is 9.21. The van der Waals surface area contributed by atoms with Crippen molar-refractivity contribution in [1.29, 1.82) is 0 Å². The van der Waals surface area contributed by atoms with Gasteiger partial charge in [0.2, 0.25) is 6.41 Å². The van der Waals surface area contributed by atoms with E-state index in [1.807, 2.05) is 5.32 Å².